The van der Waals surface area contributed by atoms with E-state index < -0.39 is 35.5 Å². The lowest BCUT2D eigenvalue weighted by atomic mass is 9.78. The van der Waals surface area contributed by atoms with Crippen LogP contribution < -0.4 is 10.6 Å². The molecule has 2 heterocycles. The third-order valence-corrected chi connectivity index (χ3v) is 3.60. The smallest absolute Gasteiger partial charge is 0.334 e. The first-order chi connectivity index (χ1) is 10.9. The van der Waals surface area contributed by atoms with Gasteiger partial charge in [0, 0.05) is 12.6 Å². The lowest BCUT2D eigenvalue weighted by Gasteiger charge is -2.38. The molecule has 1 fully saturated rings. The SMILES string of the molecule is COC(=O)[C@]1(CC(=O)c2ccccn2)NC(=S)NC(=O)[C@H]1C#N. The van der Waals surface area contributed by atoms with Crippen molar-refractivity contribution in [3.63, 3.8) is 0 Å². The van der Waals surface area contributed by atoms with Crippen molar-refractivity contribution in [3.05, 3.63) is 30.1 Å². The summed E-state index contributed by atoms with van der Waals surface area (Å²) < 4.78 is 4.69. The maximum atomic E-state index is 12.4. The second-order valence-corrected chi connectivity index (χ2v) is 5.19. The molecule has 1 saturated heterocycles. The molecule has 0 bridgehead atoms. The molecular weight excluding hydrogens is 320 g/mol. The van der Waals surface area contributed by atoms with Gasteiger partial charge in [-0.2, -0.15) is 5.26 Å². The fraction of sp³-hybridized carbons (Fsp3) is 0.286. The monoisotopic (exact) mass is 332 g/mol. The first kappa shape index (κ1) is 16.5. The summed E-state index contributed by atoms with van der Waals surface area (Å²) in [6.07, 6.45) is 0.925. The second kappa shape index (κ2) is 6.50. The number of Topliss-reactive ketones (excluding diaryl/α,β-unsaturated/α-hetero) is 1. The van der Waals surface area contributed by atoms with Gasteiger partial charge in [-0.25, -0.2) is 4.79 Å². The maximum Gasteiger partial charge on any atom is 0.334 e. The Morgan fingerprint density at radius 3 is 2.83 bits per heavy atom. The highest BCUT2D eigenvalue weighted by Crippen LogP contribution is 2.28. The van der Waals surface area contributed by atoms with Crippen LogP contribution in [0, 0.1) is 17.2 Å². The number of ketones is 1. The Balaban J connectivity index is 2.45. The predicted octanol–water partition coefficient (Wildman–Crippen LogP) is -0.290. The minimum atomic E-state index is -1.89. The van der Waals surface area contributed by atoms with E-state index >= 15 is 0 Å². The highest BCUT2D eigenvalue weighted by molar-refractivity contribution is 7.80. The molecule has 0 saturated carbocycles. The fourth-order valence-corrected chi connectivity index (χ4v) is 2.61. The van der Waals surface area contributed by atoms with Gasteiger partial charge in [-0.3, -0.25) is 14.6 Å². The van der Waals surface area contributed by atoms with Gasteiger partial charge in [-0.05, 0) is 24.4 Å². The maximum absolute atomic E-state index is 12.4. The van der Waals surface area contributed by atoms with Crippen LogP contribution in [0.3, 0.4) is 0 Å². The Morgan fingerprint density at radius 1 is 1.52 bits per heavy atom. The van der Waals surface area contributed by atoms with Gasteiger partial charge in [0.05, 0.1) is 13.2 Å². The Hall–Kier alpha value is -2.86. The highest BCUT2D eigenvalue weighted by Gasteiger charge is 2.55. The number of methoxy groups -OCH3 is 1. The van der Waals surface area contributed by atoms with Crippen molar-refractivity contribution in [2.24, 2.45) is 5.92 Å². The summed E-state index contributed by atoms with van der Waals surface area (Å²) in [5.41, 5.74) is -1.79. The number of rotatable bonds is 4. The summed E-state index contributed by atoms with van der Waals surface area (Å²) in [4.78, 5) is 40.6. The Bertz CT molecular complexity index is 715. The number of carbonyl (C=O) groups excluding carboxylic acids is 3. The topological polar surface area (TPSA) is 121 Å². The molecule has 1 aromatic rings. The van der Waals surface area contributed by atoms with Crippen molar-refractivity contribution in [2.45, 2.75) is 12.0 Å². The third kappa shape index (κ3) is 3.02. The van der Waals surface area contributed by atoms with Crippen molar-refractivity contribution in [1.82, 2.24) is 15.6 Å². The number of carbonyl (C=O) groups is 3. The minimum Gasteiger partial charge on any atom is -0.467 e. The molecule has 9 heteroatoms. The first-order valence-electron chi connectivity index (χ1n) is 6.50. The van der Waals surface area contributed by atoms with Crippen LogP contribution in [-0.2, 0) is 14.3 Å². The van der Waals surface area contributed by atoms with E-state index in [0.29, 0.717) is 0 Å². The molecule has 1 aromatic heterocycles. The number of ether oxygens (including phenoxy) is 1. The molecule has 1 aliphatic heterocycles. The van der Waals surface area contributed by atoms with Crippen molar-refractivity contribution in [1.29, 1.82) is 5.26 Å². The number of pyridine rings is 1. The van der Waals surface area contributed by atoms with Gasteiger partial charge < -0.3 is 15.4 Å². The summed E-state index contributed by atoms with van der Waals surface area (Å²) in [7, 11) is 1.10. The number of amides is 1. The molecule has 118 valence electrons. The van der Waals surface area contributed by atoms with Gasteiger partial charge in [0.25, 0.3) is 0 Å². The summed E-state index contributed by atoms with van der Waals surface area (Å²) in [5.74, 6) is -3.70. The van der Waals surface area contributed by atoms with Crippen LogP contribution in [-0.4, -0.2) is 40.4 Å². The molecule has 1 aliphatic rings. The zero-order valence-corrected chi connectivity index (χ0v) is 12.8. The Kier molecular flexibility index (Phi) is 4.66. The first-order valence-corrected chi connectivity index (χ1v) is 6.90. The van der Waals surface area contributed by atoms with Crippen LogP contribution in [0.15, 0.2) is 24.4 Å². The van der Waals surface area contributed by atoms with Gasteiger partial charge >= 0.3 is 5.97 Å². The number of thiocarbonyl (C=S) groups is 1. The van der Waals surface area contributed by atoms with Crippen molar-refractivity contribution < 1.29 is 19.1 Å². The fourth-order valence-electron chi connectivity index (χ4n) is 2.32. The molecule has 2 N–H and O–H groups in total. The normalized spacial score (nSPS) is 23.2. The molecule has 0 radical (unpaired) electrons. The van der Waals surface area contributed by atoms with Crippen LogP contribution in [0.5, 0.6) is 0 Å². The standard InChI is InChI=1S/C14H12N4O4S/c1-22-12(21)14(6-10(19)9-4-2-3-5-16-9)8(7-15)11(20)17-13(23)18-14/h2-5,8H,6H2,1H3,(H2,17,18,20,23)/t8-,14-/m1/s1. The molecule has 0 spiro atoms. The van der Waals surface area contributed by atoms with E-state index in [-0.39, 0.29) is 10.8 Å². The van der Waals surface area contributed by atoms with Crippen LogP contribution in [0.1, 0.15) is 16.9 Å². The Morgan fingerprint density at radius 2 is 2.26 bits per heavy atom. The van der Waals surface area contributed by atoms with Gasteiger partial charge in [-0.1, -0.05) is 6.07 Å². The molecular formula is C14H12N4O4S. The molecule has 23 heavy (non-hydrogen) atoms. The molecule has 0 aliphatic carbocycles. The number of nitrogens with one attached hydrogen (secondary N) is 2. The van der Waals surface area contributed by atoms with Crippen LogP contribution >= 0.6 is 12.2 Å². The predicted molar refractivity (Wildman–Crippen MR) is 80.9 cm³/mol. The molecule has 0 aromatic carbocycles. The Labute approximate surface area is 136 Å². The van der Waals surface area contributed by atoms with Crippen molar-refractivity contribution in [2.75, 3.05) is 7.11 Å². The molecule has 0 unspecified atom stereocenters. The van der Waals surface area contributed by atoms with E-state index in [4.69, 9.17) is 17.0 Å². The summed E-state index contributed by atoms with van der Waals surface area (Å²) >= 11 is 4.88. The van der Waals surface area contributed by atoms with E-state index in [9.17, 15) is 19.6 Å². The molecule has 1 amide bonds. The number of hydrogen-bond acceptors (Lipinski definition) is 7. The minimum absolute atomic E-state index is 0.103. The summed E-state index contributed by atoms with van der Waals surface area (Å²) in [6.45, 7) is 0. The highest BCUT2D eigenvalue weighted by atomic mass is 32.1. The quantitative estimate of drug-likeness (QED) is 0.438. The second-order valence-electron chi connectivity index (χ2n) is 4.78. The molecule has 2 atom stereocenters. The van der Waals surface area contributed by atoms with Crippen LogP contribution in [0.4, 0.5) is 0 Å². The molecule has 2 rings (SSSR count). The van der Waals surface area contributed by atoms with Gasteiger partial charge in [0.1, 0.15) is 5.69 Å². The van der Waals surface area contributed by atoms with Gasteiger partial charge in [-0.15, -0.1) is 0 Å². The van der Waals surface area contributed by atoms with E-state index in [0.717, 1.165) is 7.11 Å². The number of hydrogen-bond donors (Lipinski definition) is 2. The summed E-state index contributed by atoms with van der Waals surface area (Å²) in [6, 6.07) is 6.44. The van der Waals surface area contributed by atoms with E-state index in [1.165, 1.54) is 12.3 Å². The number of aromatic nitrogens is 1. The number of nitrogens with zero attached hydrogens (tertiary/aromatic N) is 2. The van der Waals surface area contributed by atoms with E-state index in [1.807, 2.05) is 0 Å². The van der Waals surface area contributed by atoms with Crippen molar-refractivity contribution >= 4 is 35.0 Å². The number of esters is 1. The number of nitriles is 1. The lowest BCUT2D eigenvalue weighted by molar-refractivity contribution is -0.152. The average Bonchev–Trinajstić information content (AvgIpc) is 2.54. The van der Waals surface area contributed by atoms with E-state index in [1.54, 1.807) is 18.2 Å². The lowest BCUT2D eigenvalue weighted by Crippen LogP contribution is -2.70. The van der Waals surface area contributed by atoms with Gasteiger partial charge in [0.2, 0.25) is 5.91 Å². The zero-order valence-electron chi connectivity index (χ0n) is 12.0. The summed E-state index contributed by atoms with van der Waals surface area (Å²) in [5, 5.41) is 13.9. The molecule has 8 nitrogen and oxygen atoms in total. The van der Waals surface area contributed by atoms with Crippen LogP contribution in [0.25, 0.3) is 0 Å². The van der Waals surface area contributed by atoms with Gasteiger partial charge in [0.15, 0.2) is 22.4 Å². The average molecular weight is 332 g/mol. The van der Waals surface area contributed by atoms with E-state index in [2.05, 4.69) is 15.6 Å². The van der Waals surface area contributed by atoms with Crippen molar-refractivity contribution in [3.8, 4) is 6.07 Å². The zero-order chi connectivity index (χ0) is 17.0. The largest absolute Gasteiger partial charge is 0.467 e. The van der Waals surface area contributed by atoms with Crippen LogP contribution in [0.2, 0.25) is 0 Å². The third-order valence-electron chi connectivity index (χ3n) is 3.40.